The number of carbonyl (C=O) groups is 1. The van der Waals surface area contributed by atoms with Crippen LogP contribution in [0.2, 0.25) is 5.02 Å². The third-order valence-electron chi connectivity index (χ3n) is 6.90. The van der Waals surface area contributed by atoms with Gasteiger partial charge in [-0.25, -0.2) is 4.79 Å². The minimum atomic E-state index is -1.48. The summed E-state index contributed by atoms with van der Waals surface area (Å²) < 4.78 is 15.2. The van der Waals surface area contributed by atoms with E-state index in [0.717, 1.165) is 23.3 Å². The van der Waals surface area contributed by atoms with Crippen molar-refractivity contribution in [1.29, 1.82) is 0 Å². The van der Waals surface area contributed by atoms with Gasteiger partial charge in [0.15, 0.2) is 0 Å². The second kappa shape index (κ2) is 14.3. The summed E-state index contributed by atoms with van der Waals surface area (Å²) >= 11 is 6.14. The van der Waals surface area contributed by atoms with E-state index in [1.165, 1.54) is 12.7 Å². The summed E-state index contributed by atoms with van der Waals surface area (Å²) in [5.41, 5.74) is 3.76. The van der Waals surface area contributed by atoms with Crippen LogP contribution in [0.4, 0.5) is 4.79 Å². The molecule has 2 aromatic carbocycles. The highest BCUT2D eigenvalue weighted by Crippen LogP contribution is 2.37. The highest BCUT2D eigenvalue weighted by atomic mass is 35.5. The van der Waals surface area contributed by atoms with Crippen molar-refractivity contribution in [3.63, 3.8) is 0 Å². The van der Waals surface area contributed by atoms with Gasteiger partial charge >= 0.3 is 13.3 Å². The lowest BCUT2D eigenvalue weighted by molar-refractivity contribution is 0.0160. The molecule has 4 atom stereocenters. The zero-order valence-corrected chi connectivity index (χ0v) is 22.8. The monoisotopic (exact) mass is 516 g/mol. The zero-order chi connectivity index (χ0) is 26.8. The van der Waals surface area contributed by atoms with E-state index >= 15 is 0 Å². The molecule has 1 aliphatic carbocycles. The van der Waals surface area contributed by atoms with Gasteiger partial charge in [-0.2, -0.15) is 0 Å². The predicted octanol–water partition coefficient (Wildman–Crippen LogP) is 5.41. The van der Waals surface area contributed by atoms with E-state index in [9.17, 15) is 14.8 Å². The Balaban J connectivity index is 0.000000261. The third-order valence-corrected chi connectivity index (χ3v) is 7.27. The fraction of sp³-hybridized carbons (Fsp3) is 0.464. The van der Waals surface area contributed by atoms with Gasteiger partial charge in [-0.1, -0.05) is 69.1 Å². The average molecular weight is 517 g/mol. The summed E-state index contributed by atoms with van der Waals surface area (Å²) in [4.78, 5) is 11.1. The SMILES string of the molecule is CCC1=C[C@H](OC(=O)OC)[C@H](C)[C@@H](C)[C@@H]1C.CCOc1ccc(Cc2cc(B(O)O)ccc2Cl)cc1. The molecule has 1 aliphatic rings. The Morgan fingerprint density at radius 3 is 2.25 bits per heavy atom. The number of hydrogen-bond donors (Lipinski definition) is 2. The molecule has 0 radical (unpaired) electrons. The van der Waals surface area contributed by atoms with Crippen LogP contribution in [0, 0.1) is 17.8 Å². The fourth-order valence-corrected chi connectivity index (χ4v) is 4.51. The van der Waals surface area contributed by atoms with E-state index in [1.807, 2.05) is 31.2 Å². The zero-order valence-electron chi connectivity index (χ0n) is 22.0. The minimum absolute atomic E-state index is 0.145. The summed E-state index contributed by atoms with van der Waals surface area (Å²) in [6.45, 7) is 11.3. The molecule has 8 heteroatoms. The van der Waals surface area contributed by atoms with Gasteiger partial charge in [0.2, 0.25) is 0 Å². The molecule has 0 bridgehead atoms. The summed E-state index contributed by atoms with van der Waals surface area (Å²) in [6.07, 6.45) is 3.00. The molecule has 3 rings (SSSR count). The van der Waals surface area contributed by atoms with Gasteiger partial charge in [-0.3, -0.25) is 0 Å². The van der Waals surface area contributed by atoms with Crippen molar-refractivity contribution < 1.29 is 29.1 Å². The molecule has 0 saturated heterocycles. The molecule has 0 heterocycles. The molecule has 0 fully saturated rings. The number of benzene rings is 2. The van der Waals surface area contributed by atoms with Crippen molar-refractivity contribution in [2.45, 2.75) is 53.6 Å². The van der Waals surface area contributed by atoms with E-state index in [1.54, 1.807) is 18.2 Å². The lowest BCUT2D eigenvalue weighted by atomic mass is 9.72. The fourth-order valence-electron chi connectivity index (χ4n) is 4.33. The van der Waals surface area contributed by atoms with Crippen LogP contribution in [0.1, 0.15) is 52.2 Å². The van der Waals surface area contributed by atoms with Gasteiger partial charge in [-0.05, 0) is 72.5 Å². The summed E-state index contributed by atoms with van der Waals surface area (Å²) in [6, 6.07) is 12.8. The highest BCUT2D eigenvalue weighted by Gasteiger charge is 2.34. The van der Waals surface area contributed by atoms with E-state index < -0.39 is 13.3 Å². The predicted molar refractivity (Wildman–Crippen MR) is 145 cm³/mol. The third kappa shape index (κ3) is 8.29. The molecule has 0 amide bonds. The smallest absolute Gasteiger partial charge is 0.494 e. The second-order valence-corrected chi connectivity index (χ2v) is 9.52. The molecule has 36 heavy (non-hydrogen) atoms. The van der Waals surface area contributed by atoms with Crippen LogP contribution in [0.5, 0.6) is 5.75 Å². The molecule has 0 spiro atoms. The number of allylic oxidation sites excluding steroid dienone is 1. The Morgan fingerprint density at radius 1 is 1.03 bits per heavy atom. The minimum Gasteiger partial charge on any atom is -0.494 e. The normalized spacial score (nSPS) is 21.0. The van der Waals surface area contributed by atoms with Crippen molar-refractivity contribution in [3.8, 4) is 5.75 Å². The number of halogens is 1. The molecule has 0 aliphatic heterocycles. The molecule has 196 valence electrons. The molecular formula is C28H38BClO6. The maximum atomic E-state index is 11.1. The van der Waals surface area contributed by atoms with Crippen molar-refractivity contribution in [2.24, 2.45) is 17.8 Å². The number of methoxy groups -OCH3 is 1. The first kappa shape index (κ1) is 29.8. The highest BCUT2D eigenvalue weighted by molar-refractivity contribution is 6.58. The lowest BCUT2D eigenvalue weighted by Gasteiger charge is -2.36. The van der Waals surface area contributed by atoms with Gasteiger partial charge in [-0.15, -0.1) is 0 Å². The molecule has 0 saturated carbocycles. The van der Waals surface area contributed by atoms with Gasteiger partial charge in [0.25, 0.3) is 0 Å². The van der Waals surface area contributed by atoms with Crippen molar-refractivity contribution in [3.05, 3.63) is 70.3 Å². The van der Waals surface area contributed by atoms with Crippen LogP contribution in [-0.2, 0) is 15.9 Å². The van der Waals surface area contributed by atoms with Gasteiger partial charge < -0.3 is 24.3 Å². The molecule has 2 N–H and O–H groups in total. The summed E-state index contributed by atoms with van der Waals surface area (Å²) in [5.74, 6) is 2.26. The summed E-state index contributed by atoms with van der Waals surface area (Å²) in [7, 11) is -0.141. The van der Waals surface area contributed by atoms with Crippen LogP contribution in [0.25, 0.3) is 0 Å². The first-order valence-electron chi connectivity index (χ1n) is 12.4. The largest absolute Gasteiger partial charge is 0.508 e. The first-order chi connectivity index (χ1) is 17.1. The van der Waals surface area contributed by atoms with Gasteiger partial charge in [0.1, 0.15) is 11.9 Å². The summed E-state index contributed by atoms with van der Waals surface area (Å²) in [5, 5.41) is 19.0. The standard InChI is InChI=1S/C15H16BClO3.C13H22O3/c1-2-20-14-6-3-11(4-7-14)9-12-10-13(16(18)19)5-8-15(12)17;1-6-11-7-12(16-13(14)15-5)10(4)8(2)9(11)3/h3-8,10,18-19H,2,9H2,1H3;7-10,12H,6H2,1-5H3/t;8-,9-,10+,12-/m.0/s1. The average Bonchev–Trinajstić information content (AvgIpc) is 2.87. The van der Waals surface area contributed by atoms with Crippen LogP contribution in [-0.4, -0.2) is 43.1 Å². The van der Waals surface area contributed by atoms with Crippen LogP contribution in [0.15, 0.2) is 54.1 Å². The Morgan fingerprint density at radius 2 is 1.69 bits per heavy atom. The number of rotatable bonds is 7. The number of ether oxygens (including phenoxy) is 3. The van der Waals surface area contributed by atoms with Crippen LogP contribution in [0.3, 0.4) is 0 Å². The van der Waals surface area contributed by atoms with Crippen molar-refractivity contribution >= 4 is 30.3 Å². The molecule has 2 aromatic rings. The topological polar surface area (TPSA) is 85.2 Å². The quantitative estimate of drug-likeness (QED) is 0.291. The molecule has 0 unspecified atom stereocenters. The number of hydrogen-bond acceptors (Lipinski definition) is 6. The first-order valence-corrected chi connectivity index (χ1v) is 12.8. The van der Waals surface area contributed by atoms with E-state index in [4.69, 9.17) is 21.1 Å². The van der Waals surface area contributed by atoms with Crippen molar-refractivity contribution in [2.75, 3.05) is 13.7 Å². The number of carbonyl (C=O) groups excluding carboxylic acids is 1. The van der Waals surface area contributed by atoms with Crippen LogP contribution >= 0.6 is 11.6 Å². The lowest BCUT2D eigenvalue weighted by Crippen LogP contribution is -2.35. The Bertz CT molecular complexity index is 1010. The Kier molecular flexibility index (Phi) is 11.8. The maximum absolute atomic E-state index is 11.1. The van der Waals surface area contributed by atoms with E-state index in [0.29, 0.717) is 41.3 Å². The second-order valence-electron chi connectivity index (χ2n) is 9.12. The van der Waals surface area contributed by atoms with Gasteiger partial charge in [0, 0.05) is 10.9 Å². The van der Waals surface area contributed by atoms with Crippen molar-refractivity contribution in [1.82, 2.24) is 0 Å². The maximum Gasteiger partial charge on any atom is 0.508 e. The van der Waals surface area contributed by atoms with Gasteiger partial charge in [0.05, 0.1) is 13.7 Å². The molecule has 6 nitrogen and oxygen atoms in total. The molecular weight excluding hydrogens is 479 g/mol. The Labute approximate surface area is 220 Å². The van der Waals surface area contributed by atoms with E-state index in [2.05, 4.69) is 38.5 Å². The molecule has 0 aromatic heterocycles. The van der Waals surface area contributed by atoms with Crippen LogP contribution < -0.4 is 10.2 Å². The Hall–Kier alpha value is -2.48. The van der Waals surface area contributed by atoms with E-state index in [-0.39, 0.29) is 6.10 Å².